The number of rotatable bonds is 6. The van der Waals surface area contributed by atoms with Gasteiger partial charge in [0.05, 0.1) is 23.3 Å². The predicted octanol–water partition coefficient (Wildman–Crippen LogP) is 4.27. The highest BCUT2D eigenvalue weighted by Gasteiger charge is 2.13. The Bertz CT molecular complexity index is 876. The zero-order valence-corrected chi connectivity index (χ0v) is 13.9. The lowest BCUT2D eigenvalue weighted by Crippen LogP contribution is -2.23. The molecule has 0 radical (unpaired) electrons. The van der Waals surface area contributed by atoms with Gasteiger partial charge in [-0.05, 0) is 36.4 Å². The SMILES string of the molecule is O=C(NCc1ccco1)c1ccccc1Sc1ccc([N+](=O)[O-])cc1. The second kappa shape index (κ2) is 7.67. The van der Waals surface area contributed by atoms with Crippen LogP contribution in [-0.2, 0) is 6.54 Å². The molecule has 1 heterocycles. The molecule has 1 amide bonds. The number of furan rings is 1. The summed E-state index contributed by atoms with van der Waals surface area (Å²) in [5, 5.41) is 13.5. The summed E-state index contributed by atoms with van der Waals surface area (Å²) in [6.07, 6.45) is 1.56. The highest BCUT2D eigenvalue weighted by Crippen LogP contribution is 2.31. The van der Waals surface area contributed by atoms with Gasteiger partial charge in [-0.3, -0.25) is 14.9 Å². The molecule has 0 bridgehead atoms. The van der Waals surface area contributed by atoms with Crippen LogP contribution in [0, 0.1) is 10.1 Å². The number of carbonyl (C=O) groups is 1. The number of amides is 1. The monoisotopic (exact) mass is 354 g/mol. The smallest absolute Gasteiger partial charge is 0.269 e. The topological polar surface area (TPSA) is 85.4 Å². The standard InChI is InChI=1S/C18H14N2O4S/c21-18(19-12-14-4-3-11-24-14)16-5-1-2-6-17(16)25-15-9-7-13(8-10-15)20(22)23/h1-11H,12H2,(H,19,21). The third-order valence-corrected chi connectivity index (χ3v) is 4.49. The van der Waals surface area contributed by atoms with Crippen LogP contribution in [0.25, 0.3) is 0 Å². The van der Waals surface area contributed by atoms with Crippen molar-refractivity contribution in [3.05, 3.63) is 88.4 Å². The van der Waals surface area contributed by atoms with E-state index >= 15 is 0 Å². The Balaban J connectivity index is 1.73. The highest BCUT2D eigenvalue weighted by atomic mass is 32.2. The van der Waals surface area contributed by atoms with Gasteiger partial charge >= 0.3 is 0 Å². The van der Waals surface area contributed by atoms with Gasteiger partial charge in [-0.25, -0.2) is 0 Å². The van der Waals surface area contributed by atoms with Gasteiger partial charge in [0.15, 0.2) is 0 Å². The van der Waals surface area contributed by atoms with Crippen LogP contribution < -0.4 is 5.32 Å². The number of hydrogen-bond acceptors (Lipinski definition) is 5. The van der Waals surface area contributed by atoms with E-state index in [4.69, 9.17) is 4.42 Å². The first-order chi connectivity index (χ1) is 12.1. The molecule has 126 valence electrons. The zero-order chi connectivity index (χ0) is 17.6. The van der Waals surface area contributed by atoms with Crippen LogP contribution in [0.15, 0.2) is 81.1 Å². The fourth-order valence-corrected chi connectivity index (χ4v) is 3.13. The number of nitrogens with one attached hydrogen (secondary N) is 1. The van der Waals surface area contributed by atoms with Crippen molar-refractivity contribution >= 4 is 23.4 Å². The van der Waals surface area contributed by atoms with Gasteiger partial charge in [0.25, 0.3) is 11.6 Å². The fraction of sp³-hybridized carbons (Fsp3) is 0.0556. The molecule has 0 saturated heterocycles. The van der Waals surface area contributed by atoms with Crippen molar-refractivity contribution in [1.82, 2.24) is 5.32 Å². The summed E-state index contributed by atoms with van der Waals surface area (Å²) in [6, 6.07) is 17.0. The number of non-ortho nitro benzene ring substituents is 1. The number of carbonyl (C=O) groups excluding carboxylic acids is 1. The normalized spacial score (nSPS) is 10.4. The molecule has 0 fully saturated rings. The Morgan fingerprint density at radius 2 is 1.84 bits per heavy atom. The minimum atomic E-state index is -0.440. The molecule has 3 aromatic rings. The average Bonchev–Trinajstić information content (AvgIpc) is 3.14. The first kappa shape index (κ1) is 16.8. The van der Waals surface area contributed by atoms with Crippen LogP contribution in [-0.4, -0.2) is 10.8 Å². The summed E-state index contributed by atoms with van der Waals surface area (Å²) >= 11 is 1.38. The Morgan fingerprint density at radius 1 is 1.08 bits per heavy atom. The van der Waals surface area contributed by atoms with E-state index in [1.807, 2.05) is 12.1 Å². The molecule has 0 aliphatic carbocycles. The quantitative estimate of drug-likeness (QED) is 0.528. The number of nitrogens with zero attached hydrogens (tertiary/aromatic N) is 1. The van der Waals surface area contributed by atoms with E-state index in [9.17, 15) is 14.9 Å². The van der Waals surface area contributed by atoms with Gasteiger partial charge in [-0.1, -0.05) is 23.9 Å². The van der Waals surface area contributed by atoms with Crippen LogP contribution in [0.1, 0.15) is 16.1 Å². The summed E-state index contributed by atoms with van der Waals surface area (Å²) in [6.45, 7) is 0.308. The van der Waals surface area contributed by atoms with E-state index in [1.54, 1.807) is 42.7 Å². The molecule has 25 heavy (non-hydrogen) atoms. The molecule has 2 aromatic carbocycles. The third kappa shape index (κ3) is 4.27. The zero-order valence-electron chi connectivity index (χ0n) is 13.0. The largest absolute Gasteiger partial charge is 0.467 e. The summed E-state index contributed by atoms with van der Waals surface area (Å²) in [5.74, 6) is 0.468. The second-order valence-electron chi connectivity index (χ2n) is 5.11. The lowest BCUT2D eigenvalue weighted by Gasteiger charge is -2.09. The molecule has 1 N–H and O–H groups in total. The summed E-state index contributed by atoms with van der Waals surface area (Å²) in [5.41, 5.74) is 0.575. The maximum absolute atomic E-state index is 12.4. The van der Waals surface area contributed by atoms with E-state index in [0.717, 1.165) is 9.79 Å². The van der Waals surface area contributed by atoms with Crippen molar-refractivity contribution in [3.8, 4) is 0 Å². The van der Waals surface area contributed by atoms with Gasteiger partial charge in [0.2, 0.25) is 0 Å². The number of benzene rings is 2. The third-order valence-electron chi connectivity index (χ3n) is 3.41. The summed E-state index contributed by atoms with van der Waals surface area (Å²) < 4.78 is 5.20. The van der Waals surface area contributed by atoms with Crippen molar-refractivity contribution in [2.45, 2.75) is 16.3 Å². The molecular weight excluding hydrogens is 340 g/mol. The molecule has 7 heteroatoms. The lowest BCUT2D eigenvalue weighted by molar-refractivity contribution is -0.384. The first-order valence-corrected chi connectivity index (χ1v) is 8.27. The Morgan fingerprint density at radius 3 is 2.52 bits per heavy atom. The molecule has 0 unspecified atom stereocenters. The lowest BCUT2D eigenvalue weighted by atomic mass is 10.2. The fourth-order valence-electron chi connectivity index (χ4n) is 2.18. The van der Waals surface area contributed by atoms with E-state index in [-0.39, 0.29) is 11.6 Å². The van der Waals surface area contributed by atoms with Gasteiger partial charge in [0, 0.05) is 21.9 Å². The second-order valence-corrected chi connectivity index (χ2v) is 6.23. The molecule has 6 nitrogen and oxygen atoms in total. The van der Waals surface area contributed by atoms with E-state index in [1.165, 1.54) is 23.9 Å². The van der Waals surface area contributed by atoms with Gasteiger partial charge < -0.3 is 9.73 Å². The molecule has 3 rings (SSSR count). The maximum Gasteiger partial charge on any atom is 0.269 e. The Labute approximate surface area is 148 Å². The summed E-state index contributed by atoms with van der Waals surface area (Å²) in [4.78, 5) is 24.3. The van der Waals surface area contributed by atoms with Crippen LogP contribution in [0.2, 0.25) is 0 Å². The van der Waals surface area contributed by atoms with E-state index < -0.39 is 4.92 Å². The molecule has 0 spiro atoms. The number of nitro benzene ring substituents is 1. The maximum atomic E-state index is 12.4. The molecular formula is C18H14N2O4S. The van der Waals surface area contributed by atoms with Crippen molar-refractivity contribution < 1.29 is 14.1 Å². The van der Waals surface area contributed by atoms with Gasteiger partial charge in [-0.15, -0.1) is 0 Å². The van der Waals surface area contributed by atoms with Gasteiger partial charge in [0.1, 0.15) is 5.76 Å². The van der Waals surface area contributed by atoms with Crippen LogP contribution >= 0.6 is 11.8 Å². The molecule has 0 saturated carbocycles. The van der Waals surface area contributed by atoms with Crippen molar-refractivity contribution in [3.63, 3.8) is 0 Å². The average molecular weight is 354 g/mol. The van der Waals surface area contributed by atoms with Crippen LogP contribution in [0.5, 0.6) is 0 Å². The predicted molar refractivity (Wildman–Crippen MR) is 93.5 cm³/mol. The van der Waals surface area contributed by atoms with Crippen molar-refractivity contribution in [2.75, 3.05) is 0 Å². The molecule has 0 aliphatic rings. The molecule has 0 atom stereocenters. The minimum Gasteiger partial charge on any atom is -0.467 e. The van der Waals surface area contributed by atoms with Crippen LogP contribution in [0.4, 0.5) is 5.69 Å². The number of hydrogen-bond donors (Lipinski definition) is 1. The molecule has 1 aromatic heterocycles. The molecule has 0 aliphatic heterocycles. The number of nitro groups is 1. The van der Waals surface area contributed by atoms with Gasteiger partial charge in [-0.2, -0.15) is 0 Å². The highest BCUT2D eigenvalue weighted by molar-refractivity contribution is 7.99. The van der Waals surface area contributed by atoms with E-state index in [2.05, 4.69) is 5.32 Å². The Hall–Kier alpha value is -3.06. The minimum absolute atomic E-state index is 0.0360. The summed E-state index contributed by atoms with van der Waals surface area (Å²) in [7, 11) is 0. The van der Waals surface area contributed by atoms with E-state index in [0.29, 0.717) is 17.9 Å². The first-order valence-electron chi connectivity index (χ1n) is 7.45. The van der Waals surface area contributed by atoms with Crippen molar-refractivity contribution in [1.29, 1.82) is 0 Å². The van der Waals surface area contributed by atoms with Crippen molar-refractivity contribution in [2.24, 2.45) is 0 Å². The van der Waals surface area contributed by atoms with Crippen LogP contribution in [0.3, 0.4) is 0 Å². The Kier molecular flexibility index (Phi) is 5.15.